The van der Waals surface area contributed by atoms with Crippen molar-refractivity contribution < 1.29 is 13.5 Å². The Kier molecular flexibility index (Phi) is 5.50. The first-order chi connectivity index (χ1) is 9.16. The number of aliphatic hydroxyl groups is 1. The fourth-order valence-corrected chi connectivity index (χ4v) is 2.97. The molecule has 0 amide bonds. The largest absolute Gasteiger partial charge is 0.389 e. The van der Waals surface area contributed by atoms with Gasteiger partial charge in [-0.3, -0.25) is 0 Å². The van der Waals surface area contributed by atoms with Crippen molar-refractivity contribution in [1.29, 1.82) is 0 Å². The Morgan fingerprint density at radius 3 is 2.50 bits per heavy atom. The van der Waals surface area contributed by atoms with E-state index in [2.05, 4.69) is 10.3 Å². The van der Waals surface area contributed by atoms with Crippen molar-refractivity contribution in [2.24, 2.45) is 0 Å². The molecule has 0 aliphatic heterocycles. The molecule has 0 unspecified atom stereocenters. The first kappa shape index (κ1) is 16.9. The van der Waals surface area contributed by atoms with Crippen LogP contribution in [0.15, 0.2) is 23.2 Å². The van der Waals surface area contributed by atoms with E-state index in [1.54, 1.807) is 19.9 Å². The molecule has 0 radical (unpaired) electrons. The Hall–Kier alpha value is -1.18. The molecule has 2 N–H and O–H groups in total. The second-order valence-corrected chi connectivity index (χ2v) is 7.42. The lowest BCUT2D eigenvalue weighted by molar-refractivity contribution is 0.0640. The molecule has 0 aliphatic carbocycles. The lowest BCUT2D eigenvalue weighted by Gasteiger charge is -2.25. The van der Waals surface area contributed by atoms with Crippen LogP contribution in [-0.2, 0) is 10.0 Å². The Labute approximate surface area is 120 Å². The van der Waals surface area contributed by atoms with Gasteiger partial charge >= 0.3 is 0 Å². The number of sulfonamides is 1. The quantitative estimate of drug-likeness (QED) is 0.793. The van der Waals surface area contributed by atoms with Gasteiger partial charge in [-0.1, -0.05) is 6.92 Å². The summed E-state index contributed by atoms with van der Waals surface area (Å²) in [6.07, 6.45) is 2.30. The number of anilines is 1. The summed E-state index contributed by atoms with van der Waals surface area (Å²) in [5, 5.41) is 12.8. The Bertz CT molecular complexity index is 521. The molecule has 0 aromatic carbocycles. The van der Waals surface area contributed by atoms with Crippen molar-refractivity contribution in [3.05, 3.63) is 18.3 Å². The minimum atomic E-state index is -3.63. The maximum absolute atomic E-state index is 12.3. The van der Waals surface area contributed by atoms with E-state index in [9.17, 15) is 13.5 Å². The summed E-state index contributed by atoms with van der Waals surface area (Å²) in [4.78, 5) is 4.20. The second kappa shape index (κ2) is 6.51. The summed E-state index contributed by atoms with van der Waals surface area (Å²) in [5.41, 5.74) is -1.09. The number of nitrogens with zero attached hydrogens (tertiary/aromatic N) is 2. The van der Waals surface area contributed by atoms with Gasteiger partial charge in [-0.15, -0.1) is 0 Å². The number of pyridine rings is 1. The van der Waals surface area contributed by atoms with Gasteiger partial charge in [-0.25, -0.2) is 13.4 Å². The molecule has 1 aromatic rings. The van der Waals surface area contributed by atoms with Crippen LogP contribution in [0.4, 0.5) is 5.82 Å². The molecule has 0 aliphatic rings. The van der Waals surface area contributed by atoms with Crippen molar-refractivity contribution in [2.75, 3.05) is 25.5 Å². The van der Waals surface area contributed by atoms with Gasteiger partial charge in [0, 0.05) is 26.3 Å². The Morgan fingerprint density at radius 1 is 1.40 bits per heavy atom. The maximum Gasteiger partial charge on any atom is 0.244 e. The monoisotopic (exact) mass is 301 g/mol. The zero-order valence-corrected chi connectivity index (χ0v) is 13.2. The number of aromatic nitrogens is 1. The summed E-state index contributed by atoms with van der Waals surface area (Å²) in [5.74, 6) is 0.649. The molecule has 1 rings (SSSR count). The van der Waals surface area contributed by atoms with Crippen LogP contribution in [0.2, 0.25) is 0 Å². The van der Waals surface area contributed by atoms with Gasteiger partial charge in [0.05, 0.1) is 5.60 Å². The molecular weight excluding hydrogens is 278 g/mol. The van der Waals surface area contributed by atoms with Crippen LogP contribution in [0, 0.1) is 0 Å². The zero-order valence-electron chi connectivity index (χ0n) is 12.4. The normalized spacial score (nSPS) is 12.7. The minimum Gasteiger partial charge on any atom is -0.389 e. The molecule has 7 heteroatoms. The van der Waals surface area contributed by atoms with Crippen LogP contribution in [0.5, 0.6) is 0 Å². The predicted molar refractivity (Wildman–Crippen MR) is 79.1 cm³/mol. The highest BCUT2D eigenvalue weighted by Gasteiger charge is 2.26. The zero-order chi connectivity index (χ0) is 15.4. The van der Waals surface area contributed by atoms with Gasteiger partial charge in [0.1, 0.15) is 10.7 Å². The first-order valence-electron chi connectivity index (χ1n) is 6.55. The van der Waals surface area contributed by atoms with Crippen LogP contribution in [0.1, 0.15) is 27.2 Å². The number of likely N-dealkylation sites (N-methyl/N-ethyl adjacent to an activating group) is 1. The second-order valence-electron chi connectivity index (χ2n) is 5.38. The molecule has 1 heterocycles. The number of rotatable bonds is 7. The van der Waals surface area contributed by atoms with E-state index in [1.807, 2.05) is 6.92 Å². The van der Waals surface area contributed by atoms with Crippen molar-refractivity contribution in [2.45, 2.75) is 37.7 Å². The van der Waals surface area contributed by atoms with E-state index in [1.165, 1.54) is 19.3 Å². The fraction of sp³-hybridized carbons (Fsp3) is 0.615. The van der Waals surface area contributed by atoms with Gasteiger partial charge in [0.2, 0.25) is 10.0 Å². The molecule has 20 heavy (non-hydrogen) atoms. The molecule has 0 saturated heterocycles. The summed E-state index contributed by atoms with van der Waals surface area (Å²) in [6, 6.07) is 3.15. The maximum atomic E-state index is 12.3. The molecule has 0 fully saturated rings. The van der Waals surface area contributed by atoms with Crippen molar-refractivity contribution in [3.8, 4) is 0 Å². The topological polar surface area (TPSA) is 82.5 Å². The SMILES string of the molecule is CCCNc1ccc(S(=O)(=O)N(C)CC(C)(C)O)cn1. The molecule has 6 nitrogen and oxygen atoms in total. The van der Waals surface area contributed by atoms with Crippen molar-refractivity contribution in [3.63, 3.8) is 0 Å². The van der Waals surface area contributed by atoms with E-state index in [0.717, 1.165) is 17.3 Å². The van der Waals surface area contributed by atoms with Gasteiger partial charge < -0.3 is 10.4 Å². The highest BCUT2D eigenvalue weighted by molar-refractivity contribution is 7.89. The summed E-state index contributed by atoms with van der Waals surface area (Å²) >= 11 is 0. The lowest BCUT2D eigenvalue weighted by atomic mass is 10.1. The molecule has 0 atom stereocenters. The predicted octanol–water partition coefficient (Wildman–Crippen LogP) is 1.29. The third kappa shape index (κ3) is 4.73. The molecule has 0 spiro atoms. The van der Waals surface area contributed by atoms with Crippen molar-refractivity contribution in [1.82, 2.24) is 9.29 Å². The van der Waals surface area contributed by atoms with Crippen LogP contribution < -0.4 is 5.32 Å². The van der Waals surface area contributed by atoms with Crippen LogP contribution in [0.25, 0.3) is 0 Å². The standard InChI is InChI=1S/C13H23N3O3S/c1-5-8-14-12-7-6-11(9-15-12)20(18,19)16(4)10-13(2,3)17/h6-7,9,17H,5,8,10H2,1-4H3,(H,14,15). The van der Waals surface area contributed by atoms with Crippen molar-refractivity contribution >= 4 is 15.8 Å². The van der Waals surface area contributed by atoms with Crippen LogP contribution >= 0.6 is 0 Å². The lowest BCUT2D eigenvalue weighted by Crippen LogP contribution is -2.39. The fourth-order valence-electron chi connectivity index (χ4n) is 1.70. The smallest absolute Gasteiger partial charge is 0.244 e. The Balaban J connectivity index is 2.87. The summed E-state index contributed by atoms with van der Waals surface area (Å²) in [6.45, 7) is 5.98. The highest BCUT2D eigenvalue weighted by Crippen LogP contribution is 2.17. The van der Waals surface area contributed by atoms with Gasteiger partial charge in [-0.2, -0.15) is 4.31 Å². The van der Waals surface area contributed by atoms with E-state index in [0.29, 0.717) is 5.82 Å². The average molecular weight is 301 g/mol. The number of hydrogen-bond donors (Lipinski definition) is 2. The summed E-state index contributed by atoms with van der Waals surface area (Å²) in [7, 11) is -2.19. The average Bonchev–Trinajstić information content (AvgIpc) is 2.34. The molecular formula is C13H23N3O3S. The number of hydrogen-bond acceptors (Lipinski definition) is 5. The molecule has 0 bridgehead atoms. The number of nitrogens with one attached hydrogen (secondary N) is 1. The van der Waals surface area contributed by atoms with Crippen LogP contribution in [0.3, 0.4) is 0 Å². The first-order valence-corrected chi connectivity index (χ1v) is 7.99. The summed E-state index contributed by atoms with van der Waals surface area (Å²) < 4.78 is 25.7. The van der Waals surface area contributed by atoms with Gasteiger partial charge in [-0.05, 0) is 32.4 Å². The third-order valence-corrected chi connectivity index (χ3v) is 4.40. The minimum absolute atomic E-state index is 0.0190. The third-order valence-electron chi connectivity index (χ3n) is 2.61. The van der Waals surface area contributed by atoms with Gasteiger partial charge in [0.15, 0.2) is 0 Å². The van der Waals surface area contributed by atoms with E-state index >= 15 is 0 Å². The van der Waals surface area contributed by atoms with E-state index < -0.39 is 15.6 Å². The van der Waals surface area contributed by atoms with Gasteiger partial charge in [0.25, 0.3) is 0 Å². The molecule has 1 aromatic heterocycles. The highest BCUT2D eigenvalue weighted by atomic mass is 32.2. The molecule has 114 valence electrons. The van der Waals surface area contributed by atoms with E-state index in [4.69, 9.17) is 0 Å². The van der Waals surface area contributed by atoms with E-state index in [-0.39, 0.29) is 11.4 Å². The molecule has 0 saturated carbocycles. The van der Waals surface area contributed by atoms with Crippen LogP contribution in [-0.4, -0.2) is 48.6 Å². The Morgan fingerprint density at radius 2 is 2.05 bits per heavy atom.